The van der Waals surface area contributed by atoms with E-state index in [-0.39, 0.29) is 5.91 Å². The van der Waals surface area contributed by atoms with Crippen molar-refractivity contribution in [3.8, 4) is 0 Å². The van der Waals surface area contributed by atoms with Crippen molar-refractivity contribution in [3.05, 3.63) is 47.0 Å². The maximum atomic E-state index is 13.1. The molecule has 1 saturated carbocycles. The number of nitrogens with zero attached hydrogens (tertiary/aromatic N) is 4. The summed E-state index contributed by atoms with van der Waals surface area (Å²) in [5, 5.41) is 8.48. The number of amides is 1. The summed E-state index contributed by atoms with van der Waals surface area (Å²) >= 11 is 0. The molecule has 2 heterocycles. The monoisotopic (exact) mass is 492 g/mol. The van der Waals surface area contributed by atoms with Gasteiger partial charge in [-0.15, -0.1) is 0 Å². The van der Waals surface area contributed by atoms with Crippen molar-refractivity contribution in [2.45, 2.75) is 50.0 Å². The second-order valence-electron chi connectivity index (χ2n) is 9.20. The second kappa shape index (κ2) is 10.7. The van der Waals surface area contributed by atoms with Gasteiger partial charge in [0, 0.05) is 50.1 Å². The molecule has 2 N–H and O–H groups in total. The molecule has 2 aliphatic carbocycles. The summed E-state index contributed by atoms with van der Waals surface area (Å²) in [6.45, 7) is 4.20. The van der Waals surface area contributed by atoms with Crippen molar-refractivity contribution >= 4 is 46.5 Å². The highest BCUT2D eigenvalue weighted by molar-refractivity contribution is 7.82. The largest absolute Gasteiger partial charge is 0.367 e. The van der Waals surface area contributed by atoms with Gasteiger partial charge in [0.2, 0.25) is 11.9 Å². The number of anilines is 3. The Morgan fingerprint density at radius 3 is 2.51 bits per heavy atom. The molecule has 1 amide bonds. The van der Waals surface area contributed by atoms with Crippen molar-refractivity contribution in [1.29, 1.82) is 0 Å². The van der Waals surface area contributed by atoms with E-state index in [4.69, 9.17) is 9.97 Å². The molecule has 1 aliphatic heterocycles. The first kappa shape index (κ1) is 23.7. The summed E-state index contributed by atoms with van der Waals surface area (Å²) in [5.41, 5.74) is 0.703. The fourth-order valence-electron chi connectivity index (χ4n) is 4.79. The minimum absolute atomic E-state index is 0.122. The number of piperazine rings is 1. The summed E-state index contributed by atoms with van der Waals surface area (Å²) in [6, 6.07) is 7.67. The number of hydrogen-bond donors (Lipinski definition) is 2. The Kier molecular flexibility index (Phi) is 7.24. The molecule has 35 heavy (non-hydrogen) atoms. The van der Waals surface area contributed by atoms with Crippen LogP contribution in [0.2, 0.25) is 0 Å². The Balaban J connectivity index is 1.30. The van der Waals surface area contributed by atoms with Crippen LogP contribution >= 0.6 is 0 Å². The van der Waals surface area contributed by atoms with E-state index in [1.165, 1.54) is 32.6 Å². The maximum absolute atomic E-state index is 13.1. The van der Waals surface area contributed by atoms with Gasteiger partial charge in [-0.1, -0.05) is 31.1 Å². The topological polar surface area (TPSA) is 90.5 Å². The minimum atomic E-state index is -1.25. The van der Waals surface area contributed by atoms with Gasteiger partial charge in [0.25, 0.3) is 0 Å². The predicted octanol–water partition coefficient (Wildman–Crippen LogP) is 2.16. The Bertz CT molecular complexity index is 1250. The fraction of sp³-hybridized carbons (Fsp3) is 0.423. The van der Waals surface area contributed by atoms with Crippen LogP contribution in [0.5, 0.6) is 0 Å². The average molecular weight is 493 g/mol. The van der Waals surface area contributed by atoms with Crippen molar-refractivity contribution in [3.63, 3.8) is 0 Å². The van der Waals surface area contributed by atoms with Crippen LogP contribution in [0.15, 0.2) is 41.3 Å². The molecule has 2 aromatic rings. The Labute approximate surface area is 208 Å². The molecular weight excluding hydrogens is 460 g/mol. The van der Waals surface area contributed by atoms with Crippen molar-refractivity contribution in [1.82, 2.24) is 14.3 Å². The third-order valence-electron chi connectivity index (χ3n) is 6.64. The van der Waals surface area contributed by atoms with Crippen LogP contribution < -0.4 is 26.1 Å². The number of benzene rings is 1. The van der Waals surface area contributed by atoms with E-state index >= 15 is 0 Å². The highest BCUT2D eigenvalue weighted by Gasteiger charge is 2.25. The summed E-state index contributed by atoms with van der Waals surface area (Å²) in [5.74, 6) is 1.54. The molecular formula is C26H32N6O2S. The number of aromatic nitrogens is 2. The molecule has 0 bridgehead atoms. The van der Waals surface area contributed by atoms with Crippen LogP contribution in [0.1, 0.15) is 39.0 Å². The smallest absolute Gasteiger partial charge is 0.227 e. The number of carbonyl (C=O) groups is 1. The number of fused-ring (bicyclic) bond motifs is 1. The Hall–Kier alpha value is -3.04. The van der Waals surface area contributed by atoms with Gasteiger partial charge < -0.3 is 15.5 Å². The van der Waals surface area contributed by atoms with Gasteiger partial charge in [-0.25, -0.2) is 13.5 Å². The minimum Gasteiger partial charge on any atom is -0.367 e. The zero-order valence-electron chi connectivity index (χ0n) is 20.1. The zero-order valence-corrected chi connectivity index (χ0v) is 20.9. The van der Waals surface area contributed by atoms with Gasteiger partial charge in [0.05, 0.1) is 10.2 Å². The first-order valence-corrected chi connectivity index (χ1v) is 13.5. The first-order chi connectivity index (χ1) is 17.1. The van der Waals surface area contributed by atoms with Crippen molar-refractivity contribution < 1.29 is 9.00 Å². The molecule has 2 fully saturated rings. The SMILES string of the molecule is CC(=O)Nc1ccc(S(=O)N2CCN(c3nc(NC4CCCC4)c4c(n3)=CCC=CC=4)CC2)cc1. The van der Waals surface area contributed by atoms with Gasteiger partial charge in [-0.05, 0) is 49.6 Å². The highest BCUT2D eigenvalue weighted by atomic mass is 32.2. The first-order valence-electron chi connectivity index (χ1n) is 12.4. The van der Waals surface area contributed by atoms with E-state index in [0.717, 1.165) is 33.7 Å². The third-order valence-corrected chi connectivity index (χ3v) is 8.15. The predicted molar refractivity (Wildman–Crippen MR) is 141 cm³/mol. The van der Waals surface area contributed by atoms with E-state index in [1.54, 1.807) is 12.1 Å². The lowest BCUT2D eigenvalue weighted by molar-refractivity contribution is -0.114. The third kappa shape index (κ3) is 5.62. The lowest BCUT2D eigenvalue weighted by atomic mass is 10.2. The molecule has 3 aliphatic rings. The summed E-state index contributed by atoms with van der Waals surface area (Å²) in [4.78, 5) is 24.0. The van der Waals surface area contributed by atoms with E-state index < -0.39 is 11.0 Å². The Morgan fingerprint density at radius 1 is 1.06 bits per heavy atom. The zero-order chi connectivity index (χ0) is 24.2. The summed E-state index contributed by atoms with van der Waals surface area (Å²) in [6.07, 6.45) is 14.3. The number of rotatable bonds is 6. The number of allylic oxidation sites excluding steroid dienone is 2. The maximum Gasteiger partial charge on any atom is 0.227 e. The van der Waals surface area contributed by atoms with Crippen molar-refractivity contribution in [2.75, 3.05) is 41.7 Å². The second-order valence-corrected chi connectivity index (χ2v) is 10.7. The van der Waals surface area contributed by atoms with E-state index in [1.807, 2.05) is 16.4 Å². The molecule has 0 radical (unpaired) electrons. The summed E-state index contributed by atoms with van der Waals surface area (Å²) in [7, 11) is -1.25. The van der Waals surface area contributed by atoms with Gasteiger partial charge in [0.1, 0.15) is 16.8 Å². The quantitative estimate of drug-likeness (QED) is 0.642. The molecule has 1 unspecified atom stereocenters. The van der Waals surface area contributed by atoms with Crippen LogP contribution in [-0.2, 0) is 15.8 Å². The van der Waals surface area contributed by atoms with E-state index in [9.17, 15) is 9.00 Å². The standard InChI is InChI=1S/C26H32N6O2S/c1-19(33)27-21-11-13-22(14-12-21)35(34)32-17-15-31(16-18-32)26-29-24-10-4-2-3-9-23(24)25(30-26)28-20-7-5-6-8-20/h2-3,9-14,20H,4-8,15-18H2,1H3,(H,27,33)(H,28,29,30). The molecule has 1 saturated heterocycles. The molecule has 0 spiro atoms. The van der Waals surface area contributed by atoms with Gasteiger partial charge in [-0.2, -0.15) is 4.98 Å². The van der Waals surface area contributed by atoms with Crippen molar-refractivity contribution in [2.24, 2.45) is 0 Å². The van der Waals surface area contributed by atoms with Crippen LogP contribution in [0.25, 0.3) is 12.2 Å². The molecule has 1 aromatic heterocycles. The summed E-state index contributed by atoms with van der Waals surface area (Å²) < 4.78 is 15.1. The lowest BCUT2D eigenvalue weighted by Gasteiger charge is -2.34. The normalized spacial score (nSPS) is 19.3. The molecule has 5 rings (SSSR count). The number of carbonyl (C=O) groups excluding carboxylic acids is 1. The van der Waals surface area contributed by atoms with Crippen LogP contribution in [0, 0.1) is 0 Å². The Morgan fingerprint density at radius 2 is 1.80 bits per heavy atom. The van der Waals surface area contributed by atoms with Crippen LogP contribution in [0.3, 0.4) is 0 Å². The van der Waals surface area contributed by atoms with E-state index in [0.29, 0.717) is 37.9 Å². The molecule has 1 atom stereocenters. The number of nitrogens with one attached hydrogen (secondary N) is 2. The lowest BCUT2D eigenvalue weighted by Crippen LogP contribution is -2.48. The van der Waals surface area contributed by atoms with Gasteiger partial charge in [-0.3, -0.25) is 4.79 Å². The van der Waals surface area contributed by atoms with Crippen LogP contribution in [-0.4, -0.2) is 56.6 Å². The number of hydrogen-bond acceptors (Lipinski definition) is 6. The molecule has 1 aromatic carbocycles. The molecule has 9 heteroatoms. The molecule has 8 nitrogen and oxygen atoms in total. The van der Waals surface area contributed by atoms with Gasteiger partial charge in [0.15, 0.2) is 0 Å². The fourth-order valence-corrected chi connectivity index (χ4v) is 5.95. The average Bonchev–Trinajstić information content (AvgIpc) is 3.26. The van der Waals surface area contributed by atoms with E-state index in [2.05, 4.69) is 39.8 Å². The molecule has 184 valence electrons. The highest BCUT2D eigenvalue weighted by Crippen LogP contribution is 2.22. The van der Waals surface area contributed by atoms with Crippen LogP contribution in [0.4, 0.5) is 17.5 Å². The van der Waals surface area contributed by atoms with Gasteiger partial charge >= 0.3 is 0 Å².